The number of aromatic nitrogens is 2. The molecule has 2 rings (SSSR count). The van der Waals surface area contributed by atoms with Gasteiger partial charge in [0.1, 0.15) is 12.1 Å². The van der Waals surface area contributed by atoms with E-state index in [4.69, 9.17) is 9.57 Å². The molecule has 21 heavy (non-hydrogen) atoms. The maximum atomic E-state index is 12.3. The third-order valence-corrected chi connectivity index (χ3v) is 3.25. The summed E-state index contributed by atoms with van der Waals surface area (Å²) in [7, 11) is 2.72. The Morgan fingerprint density at radius 1 is 1.29 bits per heavy atom. The van der Waals surface area contributed by atoms with Crippen molar-refractivity contribution in [3.8, 4) is 0 Å². The third-order valence-electron chi connectivity index (χ3n) is 3.25. The zero-order valence-corrected chi connectivity index (χ0v) is 12.8. The van der Waals surface area contributed by atoms with Crippen molar-refractivity contribution in [2.75, 3.05) is 19.1 Å². The van der Waals surface area contributed by atoms with E-state index in [0.29, 0.717) is 5.82 Å². The monoisotopic (exact) mass is 296 g/mol. The summed E-state index contributed by atoms with van der Waals surface area (Å²) in [5.41, 5.74) is 0.560. The van der Waals surface area contributed by atoms with Gasteiger partial charge in [-0.1, -0.05) is 20.8 Å². The van der Waals surface area contributed by atoms with Gasteiger partial charge in [0.15, 0.2) is 6.23 Å². The van der Waals surface area contributed by atoms with Gasteiger partial charge in [0, 0.05) is 18.6 Å². The first-order valence-electron chi connectivity index (χ1n) is 6.51. The van der Waals surface area contributed by atoms with Gasteiger partial charge in [0.05, 0.1) is 12.8 Å². The summed E-state index contributed by atoms with van der Waals surface area (Å²) >= 11 is 0. The molecule has 8 heteroatoms. The van der Waals surface area contributed by atoms with Gasteiger partial charge in [-0.15, -0.1) is 0 Å². The predicted octanol–water partition coefficient (Wildman–Crippen LogP) is 0.868. The summed E-state index contributed by atoms with van der Waals surface area (Å²) in [6.07, 6.45) is -0.770. The second kappa shape index (κ2) is 5.55. The summed E-state index contributed by atoms with van der Waals surface area (Å²) in [5.74, 6) is 0.300. The highest BCUT2D eigenvalue weighted by Crippen LogP contribution is 2.29. The van der Waals surface area contributed by atoms with Crippen LogP contribution in [0.4, 0.5) is 10.6 Å². The predicted molar refractivity (Wildman–Crippen MR) is 74.3 cm³/mol. The molecule has 2 heterocycles. The van der Waals surface area contributed by atoms with E-state index in [1.165, 1.54) is 20.5 Å². The molecule has 2 unspecified atom stereocenters. The van der Waals surface area contributed by atoms with Gasteiger partial charge in [-0.05, 0) is 0 Å². The van der Waals surface area contributed by atoms with Crippen LogP contribution in [0.3, 0.4) is 0 Å². The van der Waals surface area contributed by atoms with Crippen LogP contribution in [0.15, 0.2) is 12.4 Å². The second-order valence-corrected chi connectivity index (χ2v) is 5.71. The first kappa shape index (κ1) is 15.6. The smallest absolute Gasteiger partial charge is 0.354 e. The minimum absolute atomic E-state index is 0.201. The van der Waals surface area contributed by atoms with Crippen molar-refractivity contribution >= 4 is 11.8 Å². The summed E-state index contributed by atoms with van der Waals surface area (Å²) in [4.78, 5) is 26.7. The molecule has 0 bridgehead atoms. The summed E-state index contributed by atoms with van der Waals surface area (Å²) in [6.45, 7) is 6.00. The Hall–Kier alpha value is -1.77. The highest BCUT2D eigenvalue weighted by molar-refractivity contribution is 5.93. The number of aliphatic hydroxyl groups excluding tert-OH is 1. The second-order valence-electron chi connectivity index (χ2n) is 5.71. The normalized spacial score (nSPS) is 23.0. The van der Waals surface area contributed by atoms with E-state index >= 15 is 0 Å². The van der Waals surface area contributed by atoms with E-state index in [1.807, 2.05) is 20.8 Å². The van der Waals surface area contributed by atoms with Crippen molar-refractivity contribution in [3.05, 3.63) is 18.1 Å². The number of carbonyl (C=O) groups excluding carboxylic acids is 1. The van der Waals surface area contributed by atoms with Crippen LogP contribution in [-0.2, 0) is 15.0 Å². The molecule has 1 aromatic heterocycles. The van der Waals surface area contributed by atoms with Crippen molar-refractivity contribution in [3.63, 3.8) is 0 Å². The number of aliphatic hydroxyl groups is 1. The molecule has 1 aromatic rings. The lowest BCUT2D eigenvalue weighted by Crippen LogP contribution is -2.38. The quantitative estimate of drug-likeness (QED) is 0.890. The minimum atomic E-state index is -1.22. The van der Waals surface area contributed by atoms with Crippen LogP contribution >= 0.6 is 0 Å². The molecule has 1 fully saturated rings. The largest absolute Gasteiger partial charge is 0.369 e. The summed E-state index contributed by atoms with van der Waals surface area (Å²) < 4.78 is 5.09. The number of hydrogen-bond donors (Lipinski definition) is 1. The Labute approximate surface area is 123 Å². The standard InChI is InChI=1S/C13H20N4O4/c1-13(2,3)8-6-9(15-7-14-8)16-10(18)11(20-4)17(21-5)12(16)19/h6-7,10-11,18H,1-5H3. The lowest BCUT2D eigenvalue weighted by atomic mass is 9.92. The minimum Gasteiger partial charge on any atom is -0.369 e. The van der Waals surface area contributed by atoms with Gasteiger partial charge >= 0.3 is 6.03 Å². The van der Waals surface area contributed by atoms with Gasteiger partial charge in [-0.3, -0.25) is 4.84 Å². The summed E-state index contributed by atoms with van der Waals surface area (Å²) in [6, 6.07) is 1.13. The molecule has 2 amide bonds. The average molecular weight is 296 g/mol. The fourth-order valence-corrected chi connectivity index (χ4v) is 2.10. The molecule has 116 valence electrons. The van der Waals surface area contributed by atoms with E-state index in [1.54, 1.807) is 6.07 Å². The molecule has 1 aliphatic rings. The van der Waals surface area contributed by atoms with Crippen LogP contribution in [0.1, 0.15) is 26.5 Å². The maximum absolute atomic E-state index is 12.3. The zero-order chi connectivity index (χ0) is 15.8. The molecule has 0 aromatic carbocycles. The van der Waals surface area contributed by atoms with E-state index in [2.05, 4.69) is 9.97 Å². The van der Waals surface area contributed by atoms with Gasteiger partial charge in [0.2, 0.25) is 6.23 Å². The van der Waals surface area contributed by atoms with Crippen LogP contribution < -0.4 is 4.90 Å². The fraction of sp³-hybridized carbons (Fsp3) is 0.615. The first-order chi connectivity index (χ1) is 9.81. The van der Waals surface area contributed by atoms with E-state index in [0.717, 1.165) is 15.7 Å². The van der Waals surface area contributed by atoms with E-state index in [9.17, 15) is 9.90 Å². The number of carbonyl (C=O) groups is 1. The lowest BCUT2D eigenvalue weighted by Gasteiger charge is -2.22. The van der Waals surface area contributed by atoms with E-state index < -0.39 is 18.5 Å². The van der Waals surface area contributed by atoms with Crippen LogP contribution in [-0.4, -0.2) is 52.8 Å². The number of methoxy groups -OCH3 is 1. The van der Waals surface area contributed by atoms with Gasteiger partial charge in [-0.25, -0.2) is 19.7 Å². The Morgan fingerprint density at radius 2 is 1.95 bits per heavy atom. The fourth-order valence-electron chi connectivity index (χ4n) is 2.10. The number of anilines is 1. The average Bonchev–Trinajstić information content (AvgIpc) is 2.68. The molecule has 0 spiro atoms. The van der Waals surface area contributed by atoms with Crippen molar-refractivity contribution in [2.45, 2.75) is 38.6 Å². The number of ether oxygens (including phenoxy) is 1. The van der Waals surface area contributed by atoms with Gasteiger partial charge < -0.3 is 9.84 Å². The molecule has 1 saturated heterocycles. The van der Waals surface area contributed by atoms with Crippen LogP contribution in [0.5, 0.6) is 0 Å². The molecular formula is C13H20N4O4. The van der Waals surface area contributed by atoms with Crippen LogP contribution in [0, 0.1) is 0 Å². The topological polar surface area (TPSA) is 88.0 Å². The maximum Gasteiger partial charge on any atom is 0.354 e. The molecule has 1 N–H and O–H groups in total. The highest BCUT2D eigenvalue weighted by atomic mass is 16.7. The molecule has 8 nitrogen and oxygen atoms in total. The van der Waals surface area contributed by atoms with Crippen molar-refractivity contribution in [2.24, 2.45) is 0 Å². The van der Waals surface area contributed by atoms with Crippen molar-refractivity contribution < 1.29 is 19.5 Å². The number of urea groups is 1. The molecule has 0 radical (unpaired) electrons. The third kappa shape index (κ3) is 2.69. The van der Waals surface area contributed by atoms with Crippen molar-refractivity contribution in [1.29, 1.82) is 0 Å². The van der Waals surface area contributed by atoms with Crippen LogP contribution in [0.2, 0.25) is 0 Å². The first-order valence-corrected chi connectivity index (χ1v) is 6.51. The zero-order valence-electron chi connectivity index (χ0n) is 12.8. The van der Waals surface area contributed by atoms with Crippen molar-refractivity contribution in [1.82, 2.24) is 15.0 Å². The molecule has 2 atom stereocenters. The SMILES string of the molecule is COC1C(O)N(c2cc(C(C)(C)C)ncn2)C(=O)N1OC. The Kier molecular flexibility index (Phi) is 4.13. The number of hydrogen-bond acceptors (Lipinski definition) is 6. The van der Waals surface area contributed by atoms with Crippen LogP contribution in [0.25, 0.3) is 0 Å². The van der Waals surface area contributed by atoms with Gasteiger partial charge in [0.25, 0.3) is 0 Å². The van der Waals surface area contributed by atoms with Gasteiger partial charge in [-0.2, -0.15) is 5.06 Å². The Morgan fingerprint density at radius 3 is 2.43 bits per heavy atom. The lowest BCUT2D eigenvalue weighted by molar-refractivity contribution is -0.197. The number of hydroxylamine groups is 2. The Balaban J connectivity index is 2.40. The molecular weight excluding hydrogens is 276 g/mol. The number of amides is 2. The summed E-state index contributed by atoms with van der Waals surface area (Å²) in [5, 5.41) is 11.2. The highest BCUT2D eigenvalue weighted by Gasteiger charge is 2.48. The number of rotatable bonds is 3. The molecule has 1 aliphatic heterocycles. The molecule has 0 aliphatic carbocycles. The molecule has 0 saturated carbocycles. The van der Waals surface area contributed by atoms with E-state index in [-0.39, 0.29) is 5.41 Å². The number of nitrogens with zero attached hydrogens (tertiary/aromatic N) is 4. The Bertz CT molecular complexity index is 531.